The van der Waals surface area contributed by atoms with Crippen molar-refractivity contribution in [3.8, 4) is 0 Å². The summed E-state index contributed by atoms with van der Waals surface area (Å²) in [7, 11) is 0. The minimum Gasteiger partial charge on any atom is -0.321 e. The second-order valence-electron chi connectivity index (χ2n) is 6.62. The number of hydrogen-bond donors (Lipinski definition) is 2. The van der Waals surface area contributed by atoms with Gasteiger partial charge in [-0.3, -0.25) is 24.6 Å². The van der Waals surface area contributed by atoms with E-state index in [1.807, 2.05) is 0 Å². The van der Waals surface area contributed by atoms with Crippen LogP contribution in [0.1, 0.15) is 48.0 Å². The highest BCUT2D eigenvalue weighted by atomic mass is 32.1. The summed E-state index contributed by atoms with van der Waals surface area (Å²) < 4.78 is 0. The van der Waals surface area contributed by atoms with E-state index in [0.717, 1.165) is 24.3 Å². The Kier molecular flexibility index (Phi) is 4.39. The third kappa shape index (κ3) is 2.87. The van der Waals surface area contributed by atoms with Gasteiger partial charge in [0, 0.05) is 19.3 Å². The van der Waals surface area contributed by atoms with Crippen LogP contribution in [0, 0.1) is 0 Å². The molecular formula is C18H19N5O3S. The second-order valence-corrected chi connectivity index (χ2v) is 7.68. The van der Waals surface area contributed by atoms with Crippen LogP contribution in [0.2, 0.25) is 0 Å². The van der Waals surface area contributed by atoms with E-state index in [9.17, 15) is 14.4 Å². The van der Waals surface area contributed by atoms with E-state index >= 15 is 0 Å². The van der Waals surface area contributed by atoms with Crippen LogP contribution in [0.25, 0.3) is 0 Å². The summed E-state index contributed by atoms with van der Waals surface area (Å²) in [5.41, 5.74) is -0.591. The highest BCUT2D eigenvalue weighted by Crippen LogP contribution is 2.39. The maximum atomic E-state index is 13.1. The number of fused-ring (bicyclic) bond motifs is 3. The molecule has 3 heterocycles. The van der Waals surface area contributed by atoms with Crippen LogP contribution in [0.4, 0.5) is 10.8 Å². The van der Waals surface area contributed by atoms with Crippen LogP contribution in [0.15, 0.2) is 24.3 Å². The fourth-order valence-electron chi connectivity index (χ4n) is 3.50. The third-order valence-corrected chi connectivity index (χ3v) is 5.75. The van der Waals surface area contributed by atoms with Crippen LogP contribution in [0.3, 0.4) is 0 Å². The van der Waals surface area contributed by atoms with Crippen molar-refractivity contribution in [3.05, 3.63) is 34.8 Å². The van der Waals surface area contributed by atoms with Crippen molar-refractivity contribution in [3.63, 3.8) is 0 Å². The highest BCUT2D eigenvalue weighted by molar-refractivity contribution is 7.15. The molecule has 1 atom stereocenters. The summed E-state index contributed by atoms with van der Waals surface area (Å²) >= 11 is 1.31. The number of aryl methyl sites for hydroxylation is 1. The van der Waals surface area contributed by atoms with Crippen LogP contribution in [-0.4, -0.2) is 33.6 Å². The third-order valence-electron chi connectivity index (χ3n) is 4.85. The lowest BCUT2D eigenvalue weighted by atomic mass is 9.99. The summed E-state index contributed by atoms with van der Waals surface area (Å²) in [6.07, 6.45) is 3.25. The van der Waals surface area contributed by atoms with Gasteiger partial charge < -0.3 is 5.32 Å². The molecule has 1 fully saturated rings. The first-order valence-electron chi connectivity index (χ1n) is 8.93. The summed E-state index contributed by atoms with van der Waals surface area (Å²) in [6, 6.07) is 6.80. The molecule has 2 aliphatic rings. The molecule has 0 aliphatic carbocycles. The zero-order valence-corrected chi connectivity index (χ0v) is 15.6. The van der Waals surface area contributed by atoms with Gasteiger partial charge in [-0.2, -0.15) is 0 Å². The number of rotatable bonds is 5. The maximum absolute atomic E-state index is 13.1. The fraction of sp³-hybridized carbons (Fsp3) is 0.389. The first kappa shape index (κ1) is 17.6. The Hall–Kier alpha value is -2.81. The molecular weight excluding hydrogens is 366 g/mol. The Morgan fingerprint density at radius 1 is 1.33 bits per heavy atom. The Balaban J connectivity index is 1.63. The Morgan fingerprint density at radius 3 is 2.96 bits per heavy atom. The van der Waals surface area contributed by atoms with Gasteiger partial charge >= 0.3 is 0 Å². The number of para-hydroxylation sites is 1. The van der Waals surface area contributed by atoms with E-state index < -0.39 is 11.6 Å². The van der Waals surface area contributed by atoms with Crippen LogP contribution in [-0.2, 0) is 16.0 Å². The molecule has 0 bridgehead atoms. The van der Waals surface area contributed by atoms with Gasteiger partial charge in [-0.1, -0.05) is 36.8 Å². The lowest BCUT2D eigenvalue weighted by Gasteiger charge is -2.41. The molecule has 9 heteroatoms. The van der Waals surface area contributed by atoms with Crippen molar-refractivity contribution < 1.29 is 14.4 Å². The largest absolute Gasteiger partial charge is 0.321 e. The first-order chi connectivity index (χ1) is 13.0. The van der Waals surface area contributed by atoms with Crippen molar-refractivity contribution in [1.29, 1.82) is 0 Å². The molecule has 0 unspecified atom stereocenters. The van der Waals surface area contributed by atoms with Gasteiger partial charge in [0.25, 0.3) is 11.8 Å². The molecule has 0 spiro atoms. The fourth-order valence-corrected chi connectivity index (χ4v) is 4.28. The number of carbonyl (C=O) groups excluding carboxylic acids is 3. The lowest BCUT2D eigenvalue weighted by Crippen LogP contribution is -2.68. The topological polar surface area (TPSA) is 104 Å². The molecule has 140 valence electrons. The van der Waals surface area contributed by atoms with Gasteiger partial charge in [0.15, 0.2) is 0 Å². The minimum absolute atomic E-state index is 0.180. The van der Waals surface area contributed by atoms with E-state index in [-0.39, 0.29) is 24.7 Å². The van der Waals surface area contributed by atoms with E-state index in [1.54, 1.807) is 24.3 Å². The summed E-state index contributed by atoms with van der Waals surface area (Å²) in [5.74, 6) is -1.04. The number of benzene rings is 1. The smallest absolute Gasteiger partial charge is 0.273 e. The van der Waals surface area contributed by atoms with Crippen LogP contribution >= 0.6 is 11.3 Å². The standard InChI is InChI=1S/C18H19N5O3S/c1-2-3-8-13-21-22-17(27-13)19-16(26)18-10-9-14(24)23(18)12-7-5-4-6-11(12)15(25)20-18/h4-7H,2-3,8-10H2,1H3,(H,20,25)(H,19,22,26)/t18-/m1/s1. The molecule has 1 aromatic carbocycles. The predicted octanol–water partition coefficient (Wildman–Crippen LogP) is 2.09. The monoisotopic (exact) mass is 385 g/mol. The molecule has 0 radical (unpaired) electrons. The van der Waals surface area contributed by atoms with Crippen molar-refractivity contribution in [2.75, 3.05) is 10.2 Å². The van der Waals surface area contributed by atoms with Crippen LogP contribution < -0.4 is 15.5 Å². The second kappa shape index (κ2) is 6.73. The molecule has 27 heavy (non-hydrogen) atoms. The van der Waals surface area contributed by atoms with Gasteiger partial charge in [0.1, 0.15) is 5.01 Å². The van der Waals surface area contributed by atoms with E-state index in [1.165, 1.54) is 16.2 Å². The number of aromatic nitrogens is 2. The maximum Gasteiger partial charge on any atom is 0.273 e. The van der Waals surface area contributed by atoms with Gasteiger partial charge in [-0.05, 0) is 18.6 Å². The number of carbonyl (C=O) groups is 3. The molecule has 8 nitrogen and oxygen atoms in total. The van der Waals surface area contributed by atoms with Gasteiger partial charge in [-0.15, -0.1) is 10.2 Å². The Labute approximate surface area is 160 Å². The highest BCUT2D eigenvalue weighted by Gasteiger charge is 2.56. The Morgan fingerprint density at radius 2 is 2.15 bits per heavy atom. The Bertz CT molecular complexity index is 927. The SMILES string of the molecule is CCCCc1nnc(NC(=O)[C@@]23CCC(=O)N2c2ccccc2C(=O)N3)s1. The van der Waals surface area contributed by atoms with E-state index in [4.69, 9.17) is 0 Å². The zero-order chi connectivity index (χ0) is 19.0. The average molecular weight is 385 g/mol. The molecule has 2 aromatic rings. The van der Waals surface area contributed by atoms with Crippen LogP contribution in [0.5, 0.6) is 0 Å². The van der Waals surface area contributed by atoms with E-state index in [2.05, 4.69) is 27.8 Å². The van der Waals surface area contributed by atoms with Crippen molar-refractivity contribution in [2.24, 2.45) is 0 Å². The van der Waals surface area contributed by atoms with Crippen molar-refractivity contribution >= 4 is 39.9 Å². The summed E-state index contributed by atoms with van der Waals surface area (Å²) in [6.45, 7) is 2.10. The van der Waals surface area contributed by atoms with Gasteiger partial charge in [0.2, 0.25) is 16.7 Å². The average Bonchev–Trinajstić information content (AvgIpc) is 3.25. The lowest BCUT2D eigenvalue weighted by molar-refractivity contribution is -0.124. The molecule has 0 saturated carbocycles. The molecule has 1 saturated heterocycles. The molecule has 2 aliphatic heterocycles. The number of nitrogens with zero attached hydrogens (tertiary/aromatic N) is 3. The number of amides is 3. The summed E-state index contributed by atoms with van der Waals surface area (Å²) in [4.78, 5) is 39.6. The minimum atomic E-state index is -1.43. The zero-order valence-electron chi connectivity index (χ0n) is 14.8. The number of nitrogens with one attached hydrogen (secondary N) is 2. The van der Waals surface area contributed by atoms with Gasteiger partial charge in [-0.25, -0.2) is 0 Å². The first-order valence-corrected chi connectivity index (χ1v) is 9.75. The van der Waals surface area contributed by atoms with Crippen molar-refractivity contribution in [2.45, 2.75) is 44.7 Å². The number of hydrogen-bond acceptors (Lipinski definition) is 6. The van der Waals surface area contributed by atoms with E-state index in [0.29, 0.717) is 16.4 Å². The normalized spacial score (nSPS) is 20.9. The molecule has 3 amide bonds. The predicted molar refractivity (Wildman–Crippen MR) is 101 cm³/mol. The molecule has 1 aromatic heterocycles. The van der Waals surface area contributed by atoms with Crippen molar-refractivity contribution in [1.82, 2.24) is 15.5 Å². The summed E-state index contributed by atoms with van der Waals surface area (Å²) in [5, 5.41) is 14.8. The number of anilines is 2. The van der Waals surface area contributed by atoms with Gasteiger partial charge in [0.05, 0.1) is 11.3 Å². The molecule has 2 N–H and O–H groups in total. The number of unbranched alkanes of at least 4 members (excludes halogenated alkanes) is 1. The molecule has 4 rings (SSSR count). The quantitative estimate of drug-likeness (QED) is 0.820.